The van der Waals surface area contributed by atoms with Crippen molar-refractivity contribution < 1.29 is 0 Å². The summed E-state index contributed by atoms with van der Waals surface area (Å²) < 4.78 is 0. The zero-order valence-electron chi connectivity index (χ0n) is 6.65. The lowest BCUT2D eigenvalue weighted by atomic mass is 10.2. The van der Waals surface area contributed by atoms with Crippen LogP contribution >= 0.6 is 11.8 Å². The van der Waals surface area contributed by atoms with E-state index in [0.29, 0.717) is 0 Å². The molecule has 1 radical (unpaired) electrons. The SMILES string of the molecule is [CH2]SCCCCCC#CC. The molecule has 0 aromatic carbocycles. The fraction of sp³-hybridized carbons (Fsp3) is 0.667. The first-order valence-electron chi connectivity index (χ1n) is 3.68. The third-order valence-corrected chi connectivity index (χ3v) is 1.84. The molecule has 0 amide bonds. The maximum absolute atomic E-state index is 3.71. The molecule has 0 bridgehead atoms. The normalized spacial score (nSPS) is 8.60. The van der Waals surface area contributed by atoms with Crippen molar-refractivity contribution in [2.24, 2.45) is 0 Å². The Kier molecular flexibility index (Phi) is 8.83. The Morgan fingerprint density at radius 2 is 2.10 bits per heavy atom. The predicted molar refractivity (Wildman–Crippen MR) is 49.7 cm³/mol. The Morgan fingerprint density at radius 1 is 1.30 bits per heavy atom. The van der Waals surface area contributed by atoms with E-state index >= 15 is 0 Å². The summed E-state index contributed by atoms with van der Waals surface area (Å²) in [5.41, 5.74) is 0. The van der Waals surface area contributed by atoms with Crippen LogP contribution in [0.5, 0.6) is 0 Å². The molecule has 0 aliphatic rings. The maximum Gasteiger partial charge on any atom is 0.00885 e. The monoisotopic (exact) mass is 155 g/mol. The van der Waals surface area contributed by atoms with Gasteiger partial charge < -0.3 is 0 Å². The molecule has 0 fully saturated rings. The lowest BCUT2D eigenvalue weighted by Crippen LogP contribution is -1.78. The molecule has 0 aliphatic heterocycles. The number of hydrogen-bond acceptors (Lipinski definition) is 1. The number of rotatable bonds is 5. The molecule has 10 heavy (non-hydrogen) atoms. The topological polar surface area (TPSA) is 0 Å². The molecule has 1 heteroatoms. The fourth-order valence-electron chi connectivity index (χ4n) is 0.719. The second-order valence-electron chi connectivity index (χ2n) is 2.15. The van der Waals surface area contributed by atoms with E-state index in [2.05, 4.69) is 18.1 Å². The number of thioether (sulfide) groups is 1. The first-order chi connectivity index (χ1) is 4.91. The third-order valence-electron chi connectivity index (χ3n) is 1.27. The van der Waals surface area contributed by atoms with E-state index in [1.54, 1.807) is 11.8 Å². The van der Waals surface area contributed by atoms with E-state index in [-0.39, 0.29) is 0 Å². The van der Waals surface area contributed by atoms with Crippen LogP contribution in [0.2, 0.25) is 0 Å². The van der Waals surface area contributed by atoms with Gasteiger partial charge in [0.15, 0.2) is 0 Å². The van der Waals surface area contributed by atoms with E-state index in [1.165, 1.54) is 25.0 Å². The standard InChI is InChI=1S/C9H15S/c1-3-4-5-6-7-8-9-10-2/h2,5-9H2,1H3. The van der Waals surface area contributed by atoms with Gasteiger partial charge in [-0.2, -0.15) is 11.8 Å². The zero-order chi connectivity index (χ0) is 7.66. The summed E-state index contributed by atoms with van der Waals surface area (Å²) in [4.78, 5) is 0. The second-order valence-corrected chi connectivity index (χ2v) is 2.96. The molecule has 0 saturated carbocycles. The summed E-state index contributed by atoms with van der Waals surface area (Å²) in [6, 6.07) is 0. The van der Waals surface area contributed by atoms with Crippen molar-refractivity contribution in [3.63, 3.8) is 0 Å². The van der Waals surface area contributed by atoms with Gasteiger partial charge in [0.25, 0.3) is 0 Å². The molecule has 0 aliphatic carbocycles. The Balaban J connectivity index is 2.82. The van der Waals surface area contributed by atoms with E-state index in [1.807, 2.05) is 6.92 Å². The summed E-state index contributed by atoms with van der Waals surface area (Å²) in [5, 5.41) is 0. The molecule has 0 spiro atoms. The van der Waals surface area contributed by atoms with Crippen molar-refractivity contribution in [1.29, 1.82) is 0 Å². The molecule has 0 saturated heterocycles. The van der Waals surface area contributed by atoms with Gasteiger partial charge in [-0.25, -0.2) is 0 Å². The molecule has 0 aromatic rings. The van der Waals surface area contributed by atoms with E-state index in [4.69, 9.17) is 0 Å². The van der Waals surface area contributed by atoms with Gasteiger partial charge in [0.1, 0.15) is 0 Å². The summed E-state index contributed by atoms with van der Waals surface area (Å²) in [6.07, 6.45) is 8.62. The van der Waals surface area contributed by atoms with Crippen LogP contribution in [0, 0.1) is 18.1 Å². The average Bonchev–Trinajstić information content (AvgIpc) is 1.97. The lowest BCUT2D eigenvalue weighted by molar-refractivity contribution is 0.743. The van der Waals surface area contributed by atoms with E-state index < -0.39 is 0 Å². The van der Waals surface area contributed by atoms with Gasteiger partial charge in [-0.3, -0.25) is 0 Å². The minimum atomic E-state index is 1.07. The first-order valence-corrected chi connectivity index (χ1v) is 4.84. The van der Waals surface area contributed by atoms with Gasteiger partial charge in [0.05, 0.1) is 0 Å². The van der Waals surface area contributed by atoms with Crippen LogP contribution in [0.25, 0.3) is 0 Å². The Morgan fingerprint density at radius 3 is 2.70 bits per heavy atom. The molecule has 0 rings (SSSR count). The van der Waals surface area contributed by atoms with Gasteiger partial charge in [-0.05, 0) is 25.5 Å². The van der Waals surface area contributed by atoms with Crippen LogP contribution in [0.4, 0.5) is 0 Å². The van der Waals surface area contributed by atoms with Crippen LogP contribution < -0.4 is 0 Å². The first kappa shape index (κ1) is 9.91. The highest BCUT2D eigenvalue weighted by Crippen LogP contribution is 2.04. The Bertz CT molecular complexity index is 108. The highest BCUT2D eigenvalue weighted by molar-refractivity contribution is 8.00. The molecular formula is C9H15S. The van der Waals surface area contributed by atoms with Gasteiger partial charge in [-0.15, -0.1) is 11.8 Å². The molecule has 0 unspecified atom stereocenters. The molecule has 0 atom stereocenters. The van der Waals surface area contributed by atoms with Crippen molar-refractivity contribution in [2.45, 2.75) is 32.6 Å². The van der Waals surface area contributed by atoms with Crippen LogP contribution in [-0.2, 0) is 0 Å². The van der Waals surface area contributed by atoms with Crippen LogP contribution in [0.1, 0.15) is 32.6 Å². The molecule has 0 N–H and O–H groups in total. The highest BCUT2D eigenvalue weighted by Gasteiger charge is 1.85. The van der Waals surface area contributed by atoms with Crippen molar-refractivity contribution >= 4 is 11.8 Å². The highest BCUT2D eigenvalue weighted by atomic mass is 32.2. The minimum absolute atomic E-state index is 1.07. The van der Waals surface area contributed by atoms with Gasteiger partial charge in [-0.1, -0.05) is 6.42 Å². The smallest absolute Gasteiger partial charge is 0.00885 e. The third kappa shape index (κ3) is 7.91. The van der Waals surface area contributed by atoms with Crippen LogP contribution in [-0.4, -0.2) is 5.75 Å². The van der Waals surface area contributed by atoms with Gasteiger partial charge in [0.2, 0.25) is 0 Å². The number of hydrogen-bond donors (Lipinski definition) is 0. The molecule has 0 nitrogen and oxygen atoms in total. The average molecular weight is 155 g/mol. The van der Waals surface area contributed by atoms with Gasteiger partial charge >= 0.3 is 0 Å². The molecule has 57 valence electrons. The van der Waals surface area contributed by atoms with Crippen molar-refractivity contribution in [1.82, 2.24) is 0 Å². The maximum atomic E-state index is 3.71. The van der Waals surface area contributed by atoms with Crippen molar-refractivity contribution in [3.8, 4) is 11.8 Å². The summed E-state index contributed by atoms with van der Waals surface area (Å²) in [6.45, 7) is 1.89. The molecular weight excluding hydrogens is 140 g/mol. The zero-order valence-corrected chi connectivity index (χ0v) is 7.47. The van der Waals surface area contributed by atoms with Crippen LogP contribution in [0.15, 0.2) is 0 Å². The lowest BCUT2D eigenvalue weighted by Gasteiger charge is -1.93. The second kappa shape index (κ2) is 8.91. The van der Waals surface area contributed by atoms with Crippen molar-refractivity contribution in [3.05, 3.63) is 6.26 Å². The van der Waals surface area contributed by atoms with Gasteiger partial charge in [0, 0.05) is 12.7 Å². The summed E-state index contributed by atoms with van der Waals surface area (Å²) in [7, 11) is 0. The quantitative estimate of drug-likeness (QED) is 0.434. The fourth-order valence-corrected chi connectivity index (χ4v) is 1.13. The van der Waals surface area contributed by atoms with Crippen molar-refractivity contribution in [2.75, 3.05) is 5.75 Å². The van der Waals surface area contributed by atoms with E-state index in [0.717, 1.165) is 6.42 Å². The van der Waals surface area contributed by atoms with E-state index in [9.17, 15) is 0 Å². The Hall–Kier alpha value is -0.0900. The molecule has 0 heterocycles. The summed E-state index contributed by atoms with van der Waals surface area (Å²) >= 11 is 1.68. The van der Waals surface area contributed by atoms with Crippen LogP contribution in [0.3, 0.4) is 0 Å². The minimum Gasteiger partial charge on any atom is -0.161 e. The summed E-state index contributed by atoms with van der Waals surface area (Å²) in [5.74, 6) is 7.14. The number of unbranched alkanes of at least 4 members (excludes halogenated alkanes) is 3. The predicted octanol–water partition coefficient (Wildman–Crippen LogP) is 3.09. The molecule has 0 aromatic heterocycles. The largest absolute Gasteiger partial charge is 0.161 e. The Labute approximate surface area is 68.8 Å².